The molecule has 1 atom stereocenters. The Kier molecular flexibility index (Phi) is 7.03. The van der Waals surface area contributed by atoms with Crippen molar-refractivity contribution < 1.29 is 0 Å². The van der Waals surface area contributed by atoms with Crippen LogP contribution in [0, 0.1) is 5.92 Å². The molecule has 2 N–H and O–H groups in total. The quantitative estimate of drug-likeness (QED) is 0.350. The van der Waals surface area contributed by atoms with Crippen LogP contribution in [0.3, 0.4) is 0 Å². The Bertz CT molecular complexity index is 853. The van der Waals surface area contributed by atoms with E-state index in [9.17, 15) is 0 Å². The third kappa shape index (κ3) is 4.83. The van der Waals surface area contributed by atoms with Crippen LogP contribution < -0.4 is 10.6 Å². The van der Waals surface area contributed by atoms with Gasteiger partial charge in [-0.05, 0) is 54.6 Å². The molecule has 0 aromatic heterocycles. The van der Waals surface area contributed by atoms with Crippen LogP contribution in [0.1, 0.15) is 55.7 Å². The third-order valence-electron chi connectivity index (χ3n) is 6.64. The second-order valence-electron chi connectivity index (χ2n) is 8.63. The summed E-state index contributed by atoms with van der Waals surface area (Å²) in [5.74, 6) is 0.688. The Morgan fingerprint density at radius 3 is 1.58 bits per heavy atom. The van der Waals surface area contributed by atoms with E-state index in [-0.39, 0.29) is 0 Å². The van der Waals surface area contributed by atoms with Crippen molar-refractivity contribution in [2.75, 3.05) is 0 Å². The average Bonchev–Trinajstić information content (AvgIpc) is 2.85. The van der Waals surface area contributed by atoms with E-state index < -0.39 is 5.54 Å². The highest BCUT2D eigenvalue weighted by molar-refractivity contribution is 7.80. The van der Waals surface area contributed by atoms with Crippen molar-refractivity contribution in [2.45, 2.75) is 50.6 Å². The number of hydrogen-bond acceptors (Lipinski definition) is 1. The highest BCUT2D eigenvalue weighted by Crippen LogP contribution is 2.37. The van der Waals surface area contributed by atoms with Crippen LogP contribution in [0.25, 0.3) is 0 Å². The molecule has 4 rings (SSSR count). The smallest absolute Gasteiger partial charge is 0.167 e. The van der Waals surface area contributed by atoms with E-state index in [4.69, 9.17) is 12.2 Å². The van der Waals surface area contributed by atoms with Crippen molar-refractivity contribution >= 4 is 17.3 Å². The lowest BCUT2D eigenvalue weighted by atomic mass is 9.77. The Morgan fingerprint density at radius 2 is 1.16 bits per heavy atom. The topological polar surface area (TPSA) is 24.1 Å². The molecule has 3 heteroatoms. The van der Waals surface area contributed by atoms with Crippen molar-refractivity contribution in [1.82, 2.24) is 10.6 Å². The van der Waals surface area contributed by atoms with E-state index in [0.29, 0.717) is 17.1 Å². The first-order valence-corrected chi connectivity index (χ1v) is 11.9. The van der Waals surface area contributed by atoms with Gasteiger partial charge in [0.25, 0.3) is 0 Å². The van der Waals surface area contributed by atoms with Gasteiger partial charge in [0.2, 0.25) is 0 Å². The Balaban J connectivity index is 1.72. The standard InChI is InChI=1S/C28H32N2S/c1-22(23-14-6-2-7-15-23)29-27(31)30-28(24-16-8-3-9-17-24,25-18-10-4-11-19-25)26-20-12-5-13-21-26/h3-5,8-13,16-23H,2,6-7,14-15H2,1H3,(H2,29,30,31)/t22-/m0/s1. The summed E-state index contributed by atoms with van der Waals surface area (Å²) >= 11 is 5.93. The number of benzene rings is 3. The van der Waals surface area contributed by atoms with E-state index in [1.165, 1.54) is 48.8 Å². The Morgan fingerprint density at radius 1 is 0.742 bits per heavy atom. The first-order valence-electron chi connectivity index (χ1n) is 11.5. The van der Waals surface area contributed by atoms with Crippen molar-refractivity contribution in [3.8, 4) is 0 Å². The molecule has 31 heavy (non-hydrogen) atoms. The maximum absolute atomic E-state index is 5.93. The minimum atomic E-state index is -0.569. The fourth-order valence-corrected chi connectivity index (χ4v) is 5.29. The van der Waals surface area contributed by atoms with E-state index in [1.54, 1.807) is 0 Å². The fourth-order valence-electron chi connectivity index (χ4n) is 4.95. The van der Waals surface area contributed by atoms with Crippen LogP contribution in [0.4, 0.5) is 0 Å². The number of rotatable bonds is 6. The normalized spacial score (nSPS) is 15.8. The van der Waals surface area contributed by atoms with Crippen molar-refractivity contribution in [1.29, 1.82) is 0 Å². The number of thiocarbonyl (C=S) groups is 1. The maximum Gasteiger partial charge on any atom is 0.167 e. The number of hydrogen-bond donors (Lipinski definition) is 2. The molecular formula is C28H32N2S. The van der Waals surface area contributed by atoms with Gasteiger partial charge in [-0.25, -0.2) is 0 Å². The molecule has 0 aliphatic heterocycles. The second kappa shape index (κ2) is 10.1. The maximum atomic E-state index is 5.93. The lowest BCUT2D eigenvalue weighted by molar-refractivity contribution is 0.300. The molecule has 0 radical (unpaired) electrons. The zero-order chi connectivity index (χ0) is 21.5. The van der Waals surface area contributed by atoms with E-state index in [0.717, 1.165) is 0 Å². The lowest BCUT2D eigenvalue weighted by Crippen LogP contribution is -2.54. The van der Waals surface area contributed by atoms with Crippen LogP contribution in [-0.2, 0) is 5.54 Å². The SMILES string of the molecule is C[C@H](NC(=S)NC(c1ccccc1)(c1ccccc1)c1ccccc1)C1CCCCC1. The Labute approximate surface area is 192 Å². The summed E-state index contributed by atoms with van der Waals surface area (Å²) in [6.07, 6.45) is 6.61. The predicted octanol–water partition coefficient (Wildman–Crippen LogP) is 6.41. The Hall–Kier alpha value is -2.65. The highest BCUT2D eigenvalue weighted by Gasteiger charge is 2.37. The van der Waals surface area contributed by atoms with Gasteiger partial charge in [0, 0.05) is 6.04 Å². The number of nitrogens with one attached hydrogen (secondary N) is 2. The summed E-state index contributed by atoms with van der Waals surface area (Å²) in [6, 6.07) is 32.2. The molecule has 1 aliphatic rings. The minimum absolute atomic E-state index is 0.361. The lowest BCUT2D eigenvalue weighted by Gasteiger charge is -2.39. The summed E-state index contributed by atoms with van der Waals surface area (Å²) < 4.78 is 0. The minimum Gasteiger partial charge on any atom is -0.360 e. The molecule has 1 aliphatic carbocycles. The highest BCUT2D eigenvalue weighted by atomic mass is 32.1. The molecule has 3 aromatic rings. The third-order valence-corrected chi connectivity index (χ3v) is 6.86. The first-order chi connectivity index (χ1) is 15.2. The van der Waals surface area contributed by atoms with Gasteiger partial charge >= 0.3 is 0 Å². The summed E-state index contributed by atoms with van der Waals surface area (Å²) in [6.45, 7) is 2.28. The monoisotopic (exact) mass is 428 g/mol. The summed E-state index contributed by atoms with van der Waals surface area (Å²) in [5, 5.41) is 8.11. The largest absolute Gasteiger partial charge is 0.360 e. The second-order valence-corrected chi connectivity index (χ2v) is 9.04. The molecular weight excluding hydrogens is 396 g/mol. The van der Waals surface area contributed by atoms with Gasteiger partial charge < -0.3 is 10.6 Å². The zero-order valence-corrected chi connectivity index (χ0v) is 19.1. The molecule has 0 heterocycles. The van der Waals surface area contributed by atoms with E-state index in [1.807, 2.05) is 0 Å². The molecule has 1 fully saturated rings. The predicted molar refractivity (Wildman–Crippen MR) is 134 cm³/mol. The molecule has 0 spiro atoms. The van der Waals surface area contributed by atoms with Crippen LogP contribution in [-0.4, -0.2) is 11.2 Å². The molecule has 1 saturated carbocycles. The molecule has 160 valence electrons. The van der Waals surface area contributed by atoms with Crippen molar-refractivity contribution in [2.24, 2.45) is 5.92 Å². The molecule has 0 saturated heterocycles. The van der Waals surface area contributed by atoms with E-state index in [2.05, 4.69) is 109 Å². The molecule has 0 unspecified atom stereocenters. The molecule has 0 amide bonds. The van der Waals surface area contributed by atoms with Gasteiger partial charge in [0.1, 0.15) is 5.54 Å². The van der Waals surface area contributed by atoms with Gasteiger partial charge in [-0.2, -0.15) is 0 Å². The summed E-state index contributed by atoms with van der Waals surface area (Å²) in [5.41, 5.74) is 2.94. The van der Waals surface area contributed by atoms with Gasteiger partial charge in [-0.1, -0.05) is 110 Å². The van der Waals surface area contributed by atoms with Gasteiger partial charge in [0.15, 0.2) is 5.11 Å². The van der Waals surface area contributed by atoms with E-state index >= 15 is 0 Å². The summed E-state index contributed by atoms with van der Waals surface area (Å²) in [7, 11) is 0. The van der Waals surface area contributed by atoms with Crippen LogP contribution in [0.5, 0.6) is 0 Å². The van der Waals surface area contributed by atoms with Gasteiger partial charge in [-0.3, -0.25) is 0 Å². The van der Waals surface area contributed by atoms with Crippen LogP contribution in [0.2, 0.25) is 0 Å². The molecule has 0 bridgehead atoms. The first kappa shape index (κ1) is 21.6. The molecule has 3 aromatic carbocycles. The molecule has 2 nitrogen and oxygen atoms in total. The summed E-state index contributed by atoms with van der Waals surface area (Å²) in [4.78, 5) is 0. The van der Waals surface area contributed by atoms with Gasteiger partial charge in [-0.15, -0.1) is 0 Å². The van der Waals surface area contributed by atoms with Gasteiger partial charge in [0.05, 0.1) is 0 Å². The van der Waals surface area contributed by atoms with Crippen molar-refractivity contribution in [3.05, 3.63) is 108 Å². The fraction of sp³-hybridized carbons (Fsp3) is 0.321. The average molecular weight is 429 g/mol. The van der Waals surface area contributed by atoms with Crippen LogP contribution >= 0.6 is 12.2 Å². The van der Waals surface area contributed by atoms with Crippen LogP contribution in [0.15, 0.2) is 91.0 Å². The van der Waals surface area contributed by atoms with Crippen molar-refractivity contribution in [3.63, 3.8) is 0 Å². The zero-order valence-electron chi connectivity index (χ0n) is 18.3.